The molecule has 0 unspecified atom stereocenters. The van der Waals surface area contributed by atoms with Gasteiger partial charge in [0.05, 0.1) is 0 Å². The van der Waals surface area contributed by atoms with Gasteiger partial charge in [-0.1, -0.05) is 13.3 Å². The fraction of sp³-hybridized carbons (Fsp3) is 1.00. The lowest BCUT2D eigenvalue weighted by Crippen LogP contribution is -2.41. The van der Waals surface area contributed by atoms with E-state index in [1.165, 1.54) is 45.2 Å². The van der Waals surface area contributed by atoms with Crippen molar-refractivity contribution in [1.29, 1.82) is 0 Å². The molecule has 2 fully saturated rings. The molecule has 0 aromatic rings. The first kappa shape index (κ1) is 10.4. The Hall–Kier alpha value is -0.0800. The van der Waals surface area contributed by atoms with Gasteiger partial charge in [0.25, 0.3) is 0 Å². The lowest BCUT2D eigenvalue weighted by Gasteiger charge is -2.45. The molecule has 14 heavy (non-hydrogen) atoms. The van der Waals surface area contributed by atoms with Gasteiger partial charge in [-0.05, 0) is 50.1 Å². The molecule has 82 valence electrons. The molecule has 2 saturated heterocycles. The van der Waals surface area contributed by atoms with Crippen LogP contribution in [0.4, 0.5) is 0 Å². The van der Waals surface area contributed by atoms with Crippen LogP contribution in [0.2, 0.25) is 0 Å². The predicted octanol–water partition coefficient (Wildman–Crippen LogP) is 2.19. The van der Waals surface area contributed by atoms with Gasteiger partial charge in [-0.3, -0.25) is 0 Å². The highest BCUT2D eigenvalue weighted by atomic mass is 16.5. The van der Waals surface area contributed by atoms with Crippen molar-refractivity contribution in [2.45, 2.75) is 39.0 Å². The minimum atomic E-state index is 0.625. The molecule has 2 rings (SSSR count). The average Bonchev–Trinajstić information content (AvgIpc) is 2.31. The van der Waals surface area contributed by atoms with E-state index < -0.39 is 0 Å². The van der Waals surface area contributed by atoms with Crippen molar-refractivity contribution >= 4 is 0 Å². The molecule has 1 N–H and O–H groups in total. The predicted molar refractivity (Wildman–Crippen MR) is 58.4 cm³/mol. The molecular weight excluding hydrogens is 174 g/mol. The molecule has 0 aliphatic carbocycles. The number of hydrogen-bond acceptors (Lipinski definition) is 2. The Balaban J connectivity index is 2.01. The van der Waals surface area contributed by atoms with E-state index in [9.17, 15) is 0 Å². The summed E-state index contributed by atoms with van der Waals surface area (Å²) >= 11 is 0. The Kier molecular flexibility index (Phi) is 3.45. The van der Waals surface area contributed by atoms with Gasteiger partial charge in [0.1, 0.15) is 0 Å². The molecule has 0 bridgehead atoms. The highest BCUT2D eigenvalue weighted by Gasteiger charge is 2.38. The Bertz CT molecular complexity index is 169. The van der Waals surface area contributed by atoms with Gasteiger partial charge in [-0.25, -0.2) is 0 Å². The van der Waals surface area contributed by atoms with Crippen molar-refractivity contribution in [3.8, 4) is 0 Å². The first-order valence-electron chi connectivity index (χ1n) is 6.16. The molecule has 0 saturated carbocycles. The maximum absolute atomic E-state index is 5.50. The van der Waals surface area contributed by atoms with Crippen LogP contribution in [-0.4, -0.2) is 26.3 Å². The Morgan fingerprint density at radius 3 is 2.43 bits per heavy atom. The summed E-state index contributed by atoms with van der Waals surface area (Å²) in [5.41, 5.74) is 0.625. The molecule has 2 aliphatic heterocycles. The van der Waals surface area contributed by atoms with Crippen LogP contribution in [0.25, 0.3) is 0 Å². The number of rotatable bonds is 2. The third kappa shape index (κ3) is 1.96. The Morgan fingerprint density at radius 2 is 1.86 bits per heavy atom. The second kappa shape index (κ2) is 4.63. The second-order valence-electron chi connectivity index (χ2n) is 4.85. The summed E-state index contributed by atoms with van der Waals surface area (Å²) in [6.45, 7) is 6.82. The first-order chi connectivity index (χ1) is 6.87. The summed E-state index contributed by atoms with van der Waals surface area (Å²) in [5, 5.41) is 3.46. The van der Waals surface area contributed by atoms with E-state index in [1.807, 2.05) is 0 Å². The standard InChI is InChI=1S/C12H23NO/c1-2-12(5-9-14-10-6-12)11-3-7-13-8-4-11/h11,13H,2-10H2,1H3. The van der Waals surface area contributed by atoms with E-state index in [1.54, 1.807) is 0 Å². The Morgan fingerprint density at radius 1 is 1.21 bits per heavy atom. The zero-order chi connectivity index (χ0) is 9.86. The number of ether oxygens (including phenoxy) is 1. The van der Waals surface area contributed by atoms with Gasteiger partial charge in [0.2, 0.25) is 0 Å². The summed E-state index contributed by atoms with van der Waals surface area (Å²) in [4.78, 5) is 0. The summed E-state index contributed by atoms with van der Waals surface area (Å²) in [7, 11) is 0. The van der Waals surface area contributed by atoms with Crippen LogP contribution in [0, 0.1) is 11.3 Å². The van der Waals surface area contributed by atoms with Gasteiger partial charge in [-0.15, -0.1) is 0 Å². The topological polar surface area (TPSA) is 21.3 Å². The number of hydrogen-bond donors (Lipinski definition) is 1. The highest BCUT2D eigenvalue weighted by molar-refractivity contribution is 4.89. The summed E-state index contributed by atoms with van der Waals surface area (Å²) in [6, 6.07) is 0. The zero-order valence-corrected chi connectivity index (χ0v) is 9.35. The van der Waals surface area contributed by atoms with Gasteiger partial charge < -0.3 is 10.1 Å². The van der Waals surface area contributed by atoms with Crippen molar-refractivity contribution in [2.24, 2.45) is 11.3 Å². The van der Waals surface area contributed by atoms with E-state index in [0.29, 0.717) is 5.41 Å². The third-order valence-corrected chi connectivity index (χ3v) is 4.40. The summed E-state index contributed by atoms with van der Waals surface area (Å²) in [6.07, 6.45) is 6.71. The van der Waals surface area contributed by atoms with E-state index >= 15 is 0 Å². The van der Waals surface area contributed by atoms with Gasteiger partial charge in [0.15, 0.2) is 0 Å². The maximum atomic E-state index is 5.50. The quantitative estimate of drug-likeness (QED) is 0.732. The fourth-order valence-corrected chi connectivity index (χ4v) is 3.26. The van der Waals surface area contributed by atoms with Crippen LogP contribution in [0.5, 0.6) is 0 Å². The zero-order valence-electron chi connectivity index (χ0n) is 9.35. The Labute approximate surface area is 87.4 Å². The molecule has 0 atom stereocenters. The largest absolute Gasteiger partial charge is 0.381 e. The smallest absolute Gasteiger partial charge is 0.0471 e. The van der Waals surface area contributed by atoms with Crippen LogP contribution in [0.15, 0.2) is 0 Å². The molecule has 0 aromatic heterocycles. The molecule has 2 aliphatic rings. The molecule has 2 heteroatoms. The lowest BCUT2D eigenvalue weighted by atomic mass is 9.65. The van der Waals surface area contributed by atoms with Crippen LogP contribution >= 0.6 is 0 Å². The van der Waals surface area contributed by atoms with E-state index in [4.69, 9.17) is 4.74 Å². The van der Waals surface area contributed by atoms with Crippen molar-refractivity contribution < 1.29 is 4.74 Å². The first-order valence-corrected chi connectivity index (χ1v) is 6.16. The molecule has 2 nitrogen and oxygen atoms in total. The van der Waals surface area contributed by atoms with Gasteiger partial charge in [0, 0.05) is 13.2 Å². The van der Waals surface area contributed by atoms with E-state index in [2.05, 4.69) is 12.2 Å². The van der Waals surface area contributed by atoms with Crippen molar-refractivity contribution in [3.63, 3.8) is 0 Å². The van der Waals surface area contributed by atoms with Gasteiger partial charge in [-0.2, -0.15) is 0 Å². The van der Waals surface area contributed by atoms with Crippen LogP contribution in [-0.2, 0) is 4.74 Å². The average molecular weight is 197 g/mol. The molecule has 2 heterocycles. The summed E-state index contributed by atoms with van der Waals surface area (Å²) < 4.78 is 5.50. The monoisotopic (exact) mass is 197 g/mol. The molecule has 0 amide bonds. The molecule has 0 spiro atoms. The van der Waals surface area contributed by atoms with Crippen LogP contribution in [0.1, 0.15) is 39.0 Å². The normalized spacial score (nSPS) is 28.9. The van der Waals surface area contributed by atoms with Crippen LogP contribution < -0.4 is 5.32 Å². The molecule has 0 aromatic carbocycles. The fourth-order valence-electron chi connectivity index (χ4n) is 3.26. The molecule has 0 radical (unpaired) electrons. The van der Waals surface area contributed by atoms with E-state index in [-0.39, 0.29) is 0 Å². The van der Waals surface area contributed by atoms with Gasteiger partial charge >= 0.3 is 0 Å². The highest BCUT2D eigenvalue weighted by Crippen LogP contribution is 2.44. The van der Waals surface area contributed by atoms with Crippen LogP contribution in [0.3, 0.4) is 0 Å². The van der Waals surface area contributed by atoms with Crippen molar-refractivity contribution in [3.05, 3.63) is 0 Å². The lowest BCUT2D eigenvalue weighted by molar-refractivity contribution is -0.0292. The summed E-state index contributed by atoms with van der Waals surface area (Å²) in [5.74, 6) is 0.956. The third-order valence-electron chi connectivity index (χ3n) is 4.40. The minimum absolute atomic E-state index is 0.625. The maximum Gasteiger partial charge on any atom is 0.0471 e. The SMILES string of the molecule is CCC1(C2CCNCC2)CCOCC1. The van der Waals surface area contributed by atoms with Crippen molar-refractivity contribution in [1.82, 2.24) is 5.32 Å². The van der Waals surface area contributed by atoms with E-state index in [0.717, 1.165) is 19.1 Å². The molecular formula is C12H23NO. The minimum Gasteiger partial charge on any atom is -0.381 e. The van der Waals surface area contributed by atoms with Crippen molar-refractivity contribution in [2.75, 3.05) is 26.3 Å². The number of piperidine rings is 1. The number of nitrogens with one attached hydrogen (secondary N) is 1. The second-order valence-corrected chi connectivity index (χ2v) is 4.85.